The molecule has 1 N–H and O–H groups in total. The van der Waals surface area contributed by atoms with Crippen LogP contribution in [0.3, 0.4) is 0 Å². The van der Waals surface area contributed by atoms with Gasteiger partial charge in [-0.25, -0.2) is 13.6 Å². The minimum Gasteiger partial charge on any atom is -0.475 e. The van der Waals surface area contributed by atoms with Gasteiger partial charge in [0.2, 0.25) is 5.78 Å². The van der Waals surface area contributed by atoms with E-state index < -0.39 is 29.8 Å². The van der Waals surface area contributed by atoms with Crippen molar-refractivity contribution in [2.75, 3.05) is 0 Å². The zero-order chi connectivity index (χ0) is 11.6. The minimum atomic E-state index is -1.69. The number of ketones is 1. The molecular weight excluding hydrogens is 230 g/mol. The Kier molecular flexibility index (Phi) is 3.36. The predicted octanol–water partition coefficient (Wildman–Crippen LogP) is 1.81. The van der Waals surface area contributed by atoms with Crippen molar-refractivity contribution in [3.8, 4) is 0 Å². The molecule has 0 aromatic heterocycles. The Morgan fingerprint density at radius 2 is 1.93 bits per heavy atom. The summed E-state index contributed by atoms with van der Waals surface area (Å²) in [5.74, 6) is -4.81. The first-order chi connectivity index (χ1) is 6.91. The van der Waals surface area contributed by atoms with Gasteiger partial charge in [0, 0.05) is 18.1 Å². The van der Waals surface area contributed by atoms with Crippen molar-refractivity contribution in [2.45, 2.75) is 6.42 Å². The van der Waals surface area contributed by atoms with E-state index in [4.69, 9.17) is 16.7 Å². The molecule has 80 valence electrons. The van der Waals surface area contributed by atoms with E-state index in [1.165, 1.54) is 0 Å². The molecule has 0 aliphatic heterocycles. The van der Waals surface area contributed by atoms with Gasteiger partial charge in [-0.1, -0.05) is 11.6 Å². The lowest BCUT2D eigenvalue weighted by Gasteiger charge is -2.03. The second-order valence-electron chi connectivity index (χ2n) is 2.75. The SMILES string of the molecule is O=C(O)C(=O)Cc1c(F)cc(F)cc1Cl. The molecular formula is C9H5ClF2O3. The summed E-state index contributed by atoms with van der Waals surface area (Å²) in [4.78, 5) is 21.0. The van der Waals surface area contributed by atoms with Crippen molar-refractivity contribution in [1.29, 1.82) is 0 Å². The van der Waals surface area contributed by atoms with E-state index >= 15 is 0 Å². The van der Waals surface area contributed by atoms with Gasteiger partial charge >= 0.3 is 5.97 Å². The number of carbonyl (C=O) groups excluding carboxylic acids is 1. The van der Waals surface area contributed by atoms with Crippen molar-refractivity contribution in [3.63, 3.8) is 0 Å². The van der Waals surface area contributed by atoms with E-state index in [1.807, 2.05) is 0 Å². The molecule has 0 saturated carbocycles. The zero-order valence-electron chi connectivity index (χ0n) is 7.26. The van der Waals surface area contributed by atoms with E-state index in [0.717, 1.165) is 6.07 Å². The van der Waals surface area contributed by atoms with E-state index in [0.29, 0.717) is 6.07 Å². The zero-order valence-corrected chi connectivity index (χ0v) is 8.02. The third-order valence-corrected chi connectivity index (χ3v) is 2.02. The number of halogens is 3. The Balaban J connectivity index is 3.05. The summed E-state index contributed by atoms with van der Waals surface area (Å²) in [5.41, 5.74) is -0.314. The lowest BCUT2D eigenvalue weighted by atomic mass is 10.1. The Morgan fingerprint density at radius 3 is 2.40 bits per heavy atom. The van der Waals surface area contributed by atoms with Crippen molar-refractivity contribution in [3.05, 3.63) is 34.4 Å². The predicted molar refractivity (Wildman–Crippen MR) is 47.7 cm³/mol. The monoisotopic (exact) mass is 234 g/mol. The summed E-state index contributed by atoms with van der Waals surface area (Å²) in [7, 11) is 0. The summed E-state index contributed by atoms with van der Waals surface area (Å²) in [6.45, 7) is 0. The van der Waals surface area contributed by atoms with Crippen molar-refractivity contribution in [1.82, 2.24) is 0 Å². The molecule has 0 aliphatic rings. The van der Waals surface area contributed by atoms with Gasteiger partial charge in [-0.05, 0) is 6.07 Å². The molecule has 1 rings (SSSR count). The lowest BCUT2D eigenvalue weighted by Crippen LogP contribution is -2.16. The second kappa shape index (κ2) is 4.35. The maximum absolute atomic E-state index is 13.1. The molecule has 6 heteroatoms. The maximum atomic E-state index is 13.1. The van der Waals surface area contributed by atoms with E-state index in [2.05, 4.69) is 0 Å². The lowest BCUT2D eigenvalue weighted by molar-refractivity contribution is -0.148. The van der Waals surface area contributed by atoms with Gasteiger partial charge in [0.25, 0.3) is 0 Å². The van der Waals surface area contributed by atoms with Crippen LogP contribution in [0.25, 0.3) is 0 Å². The van der Waals surface area contributed by atoms with E-state index in [1.54, 1.807) is 0 Å². The molecule has 1 aromatic rings. The number of carbonyl (C=O) groups is 2. The number of hydrogen-bond donors (Lipinski definition) is 1. The first kappa shape index (κ1) is 11.6. The highest BCUT2D eigenvalue weighted by atomic mass is 35.5. The quantitative estimate of drug-likeness (QED) is 0.812. The first-order valence-electron chi connectivity index (χ1n) is 3.81. The van der Waals surface area contributed by atoms with E-state index in [9.17, 15) is 18.4 Å². The largest absolute Gasteiger partial charge is 0.475 e. The van der Waals surface area contributed by atoms with Crippen molar-refractivity contribution < 1.29 is 23.5 Å². The molecule has 0 saturated heterocycles. The highest BCUT2D eigenvalue weighted by Gasteiger charge is 2.18. The number of carboxylic acids is 1. The third-order valence-electron chi connectivity index (χ3n) is 1.68. The molecule has 15 heavy (non-hydrogen) atoms. The van der Waals surface area contributed by atoms with Gasteiger partial charge in [0.15, 0.2) is 0 Å². The van der Waals surface area contributed by atoms with Crippen LogP contribution in [0.2, 0.25) is 5.02 Å². The second-order valence-corrected chi connectivity index (χ2v) is 3.16. The molecule has 0 unspecified atom stereocenters. The van der Waals surface area contributed by atoms with Gasteiger partial charge < -0.3 is 5.11 Å². The van der Waals surface area contributed by atoms with Crippen LogP contribution in [0, 0.1) is 11.6 Å². The fourth-order valence-corrected chi connectivity index (χ4v) is 1.24. The molecule has 0 atom stereocenters. The number of carboxylic acid groups (broad SMARTS) is 1. The summed E-state index contributed by atoms with van der Waals surface area (Å²) in [6, 6.07) is 1.35. The number of rotatable bonds is 3. The Labute approximate surface area is 88.3 Å². The van der Waals surface area contributed by atoms with Gasteiger partial charge in [-0.2, -0.15) is 0 Å². The number of hydrogen-bond acceptors (Lipinski definition) is 2. The molecule has 0 heterocycles. The number of Topliss-reactive ketones (excluding diaryl/α,β-unsaturated/α-hetero) is 1. The normalized spacial score (nSPS) is 10.1. The van der Waals surface area contributed by atoms with Crippen LogP contribution in [-0.4, -0.2) is 16.9 Å². The average Bonchev–Trinajstić information content (AvgIpc) is 2.10. The van der Waals surface area contributed by atoms with Gasteiger partial charge in [0.1, 0.15) is 11.6 Å². The molecule has 1 aromatic carbocycles. The third kappa shape index (κ3) is 2.73. The number of benzene rings is 1. The van der Waals surface area contributed by atoms with Crippen molar-refractivity contribution in [2.24, 2.45) is 0 Å². The summed E-state index contributed by atoms with van der Waals surface area (Å²) in [5, 5.41) is 7.99. The summed E-state index contributed by atoms with van der Waals surface area (Å²) < 4.78 is 25.6. The Bertz CT molecular complexity index is 408. The molecule has 0 amide bonds. The molecule has 0 radical (unpaired) electrons. The van der Waals surface area contributed by atoms with Crippen LogP contribution in [0.15, 0.2) is 12.1 Å². The van der Waals surface area contributed by atoms with E-state index in [-0.39, 0.29) is 10.6 Å². The Morgan fingerprint density at radius 1 is 1.33 bits per heavy atom. The maximum Gasteiger partial charge on any atom is 0.372 e. The summed E-state index contributed by atoms with van der Waals surface area (Å²) in [6.07, 6.45) is -0.694. The van der Waals surface area contributed by atoms with Crippen LogP contribution >= 0.6 is 11.6 Å². The van der Waals surface area contributed by atoms with Crippen LogP contribution in [0.4, 0.5) is 8.78 Å². The van der Waals surface area contributed by atoms with Gasteiger partial charge in [-0.15, -0.1) is 0 Å². The highest BCUT2D eigenvalue weighted by molar-refractivity contribution is 6.35. The van der Waals surface area contributed by atoms with Gasteiger partial charge in [-0.3, -0.25) is 4.79 Å². The topological polar surface area (TPSA) is 54.4 Å². The van der Waals surface area contributed by atoms with Crippen molar-refractivity contribution >= 4 is 23.4 Å². The van der Waals surface area contributed by atoms with Gasteiger partial charge in [0.05, 0.1) is 5.02 Å². The standard InChI is InChI=1S/C9H5ClF2O3/c10-6-1-4(11)2-7(12)5(6)3-8(13)9(14)15/h1-2H,3H2,(H,14,15). The highest BCUT2D eigenvalue weighted by Crippen LogP contribution is 2.21. The fourth-order valence-electron chi connectivity index (χ4n) is 0.977. The average molecular weight is 235 g/mol. The summed E-state index contributed by atoms with van der Waals surface area (Å²) >= 11 is 5.46. The van der Waals surface area contributed by atoms with Crippen LogP contribution in [0.1, 0.15) is 5.56 Å². The van der Waals surface area contributed by atoms with Crippen LogP contribution in [0.5, 0.6) is 0 Å². The fraction of sp³-hybridized carbons (Fsp3) is 0.111. The molecule has 0 fully saturated rings. The molecule has 0 bridgehead atoms. The molecule has 0 spiro atoms. The smallest absolute Gasteiger partial charge is 0.372 e. The Hall–Kier alpha value is -1.49. The number of aliphatic carboxylic acids is 1. The minimum absolute atomic E-state index is 0.304. The first-order valence-corrected chi connectivity index (χ1v) is 4.19. The van der Waals surface area contributed by atoms with Crippen LogP contribution < -0.4 is 0 Å². The molecule has 3 nitrogen and oxygen atoms in total. The van der Waals surface area contributed by atoms with Crippen LogP contribution in [-0.2, 0) is 16.0 Å². The molecule has 0 aliphatic carbocycles.